The highest BCUT2D eigenvalue weighted by Crippen LogP contribution is 2.32. The molecule has 0 bridgehead atoms. The first-order valence-electron chi connectivity index (χ1n) is 2.71. The number of aliphatic hydroxyl groups excluding tert-OH is 1. The van der Waals surface area contributed by atoms with Gasteiger partial charge < -0.3 is 10.2 Å². The lowest BCUT2D eigenvalue weighted by Crippen LogP contribution is -2.42. The van der Waals surface area contributed by atoms with E-state index in [-0.39, 0.29) is 0 Å². The van der Waals surface area contributed by atoms with Crippen molar-refractivity contribution >= 4 is 0 Å². The van der Waals surface area contributed by atoms with Gasteiger partial charge in [-0.25, -0.2) is 4.89 Å². The molecule has 0 saturated heterocycles. The Bertz CT molecular complexity index is 134. The summed E-state index contributed by atoms with van der Waals surface area (Å²) in [6.45, 7) is -1.38. The fraction of sp³-hybridized carbons (Fsp3) is 1.00. The highest BCUT2D eigenvalue weighted by Gasteiger charge is 2.58. The minimum absolute atomic E-state index is 0.674. The third-order valence-electron chi connectivity index (χ3n) is 0.688. The van der Waals surface area contributed by atoms with Gasteiger partial charge >= 0.3 is 12.2 Å². The minimum atomic E-state index is -5.32. The molecule has 0 spiro atoms. The molecule has 0 radical (unpaired) electrons. The maximum atomic E-state index is 11.8. The van der Waals surface area contributed by atoms with Crippen molar-refractivity contribution in [3.63, 3.8) is 0 Å². The molecule has 0 unspecified atom stereocenters. The molecule has 0 atom stereocenters. The van der Waals surface area contributed by atoms with Crippen LogP contribution in [0.4, 0.5) is 17.6 Å². The molecule has 0 saturated carbocycles. The van der Waals surface area contributed by atoms with Crippen molar-refractivity contribution in [3.8, 4) is 0 Å². The van der Waals surface area contributed by atoms with Gasteiger partial charge in [0.2, 0.25) is 0 Å². The Morgan fingerprint density at radius 2 is 1.67 bits per heavy atom. The number of hydrogen-bond acceptors (Lipinski definition) is 4. The normalized spacial score (nSPS) is 13.5. The van der Waals surface area contributed by atoms with Crippen molar-refractivity contribution in [3.05, 3.63) is 0 Å². The molecule has 0 amide bonds. The summed E-state index contributed by atoms with van der Waals surface area (Å²) < 4.78 is 46.6. The van der Waals surface area contributed by atoms with Gasteiger partial charge in [0, 0.05) is 0 Å². The summed E-state index contributed by atoms with van der Waals surface area (Å²) in [5, 5.41) is 15.5. The molecule has 0 fully saturated rings. The summed E-state index contributed by atoms with van der Waals surface area (Å²) >= 11 is 0. The van der Waals surface area contributed by atoms with Gasteiger partial charge in [-0.15, -0.1) is 0 Å². The molecule has 8 heteroatoms. The maximum absolute atomic E-state index is 11.8. The van der Waals surface area contributed by atoms with Crippen molar-refractivity contribution in [1.29, 1.82) is 0 Å². The summed E-state index contributed by atoms with van der Waals surface area (Å²) in [6.07, 6.45) is -10.4. The second-order valence-corrected chi connectivity index (χ2v) is 1.69. The van der Waals surface area contributed by atoms with Crippen molar-refractivity contribution in [1.82, 2.24) is 0 Å². The van der Waals surface area contributed by atoms with E-state index in [9.17, 15) is 17.6 Å². The van der Waals surface area contributed by atoms with Crippen molar-refractivity contribution < 1.29 is 37.5 Å². The third kappa shape index (κ3) is 3.30. The average Bonchev–Trinajstić information content (AvgIpc) is 1.85. The highest BCUT2D eigenvalue weighted by molar-refractivity contribution is 4.60. The van der Waals surface area contributed by atoms with Crippen LogP contribution in [0, 0.1) is 0 Å². The first-order valence-corrected chi connectivity index (χ1v) is 2.71. The van der Waals surface area contributed by atoms with Crippen LogP contribution in [0.2, 0.25) is 0 Å². The smallest absolute Gasteiger partial charge is 0.394 e. The summed E-state index contributed by atoms with van der Waals surface area (Å²) in [7, 11) is 0. The van der Waals surface area contributed by atoms with Gasteiger partial charge in [-0.2, -0.15) is 22.4 Å². The van der Waals surface area contributed by atoms with E-state index < -0.39 is 25.4 Å². The molecule has 12 heavy (non-hydrogen) atoms. The summed E-state index contributed by atoms with van der Waals surface area (Å²) in [4.78, 5) is 6.28. The molecule has 0 aliphatic heterocycles. The summed E-state index contributed by atoms with van der Waals surface area (Å²) in [6, 6.07) is 0. The molecule has 0 aromatic heterocycles. The van der Waals surface area contributed by atoms with Crippen LogP contribution in [0.1, 0.15) is 0 Å². The molecule has 0 aliphatic rings. The topological polar surface area (TPSA) is 58.9 Å². The van der Waals surface area contributed by atoms with E-state index in [2.05, 4.69) is 9.78 Å². The largest absolute Gasteiger partial charge is 0.474 e. The predicted molar refractivity (Wildman–Crippen MR) is 26.2 cm³/mol. The van der Waals surface area contributed by atoms with E-state index in [1.165, 1.54) is 0 Å². The van der Waals surface area contributed by atoms with Crippen LogP contribution in [0.5, 0.6) is 0 Å². The molecule has 0 rings (SSSR count). The lowest BCUT2D eigenvalue weighted by atomic mass is 10.6. The Morgan fingerprint density at radius 3 is 2.00 bits per heavy atom. The lowest BCUT2D eigenvalue weighted by Gasteiger charge is -2.19. The zero-order valence-electron chi connectivity index (χ0n) is 5.64. The molecule has 4 nitrogen and oxygen atoms in total. The van der Waals surface area contributed by atoms with Gasteiger partial charge in [0.05, 0.1) is 6.61 Å². The standard InChI is InChI=1S/C4H6F4O4/c5-3(6,10)4(7,8)12-11-2-1-9/h9-10H,1-2H2. The highest BCUT2D eigenvalue weighted by atomic mass is 19.3. The Kier molecular flexibility index (Phi) is 3.84. The monoisotopic (exact) mass is 194 g/mol. The molecule has 0 heterocycles. The van der Waals surface area contributed by atoms with Crippen LogP contribution >= 0.6 is 0 Å². The zero-order chi connectivity index (χ0) is 9.83. The van der Waals surface area contributed by atoms with Gasteiger partial charge in [-0.05, 0) is 0 Å². The van der Waals surface area contributed by atoms with E-state index in [0.717, 1.165) is 0 Å². The molecule has 2 N–H and O–H groups in total. The van der Waals surface area contributed by atoms with Crippen LogP contribution in [-0.2, 0) is 9.78 Å². The van der Waals surface area contributed by atoms with Crippen molar-refractivity contribution in [2.45, 2.75) is 12.2 Å². The lowest BCUT2D eigenvalue weighted by molar-refractivity contribution is -0.518. The third-order valence-corrected chi connectivity index (χ3v) is 0.688. The number of alkyl halides is 4. The fourth-order valence-corrected chi connectivity index (χ4v) is 0.203. The molecule has 0 aromatic rings. The average molecular weight is 194 g/mol. The van der Waals surface area contributed by atoms with Gasteiger partial charge in [0.1, 0.15) is 6.61 Å². The second kappa shape index (κ2) is 3.99. The van der Waals surface area contributed by atoms with Crippen LogP contribution in [0.3, 0.4) is 0 Å². The maximum Gasteiger partial charge on any atom is 0.474 e. The number of rotatable bonds is 5. The molecule has 0 aliphatic carbocycles. The predicted octanol–water partition coefficient (Wildman–Crippen LogP) is 0.105. The SMILES string of the molecule is OCCOOC(F)(F)C(O)(F)F. The fourth-order valence-electron chi connectivity index (χ4n) is 0.203. The van der Waals surface area contributed by atoms with Crippen LogP contribution in [0.15, 0.2) is 0 Å². The first kappa shape index (κ1) is 11.6. The Labute approximate surface area is 64.2 Å². The summed E-state index contributed by atoms with van der Waals surface area (Å²) in [5.74, 6) is 0. The van der Waals surface area contributed by atoms with Gasteiger partial charge in [-0.1, -0.05) is 0 Å². The van der Waals surface area contributed by atoms with Gasteiger partial charge in [0.15, 0.2) is 0 Å². The van der Waals surface area contributed by atoms with Crippen LogP contribution in [0.25, 0.3) is 0 Å². The minimum Gasteiger partial charge on any atom is -0.394 e. The van der Waals surface area contributed by atoms with Gasteiger partial charge in [0.25, 0.3) is 0 Å². The van der Waals surface area contributed by atoms with E-state index in [1.807, 2.05) is 0 Å². The molecular weight excluding hydrogens is 188 g/mol. The van der Waals surface area contributed by atoms with Crippen molar-refractivity contribution in [2.24, 2.45) is 0 Å². The van der Waals surface area contributed by atoms with E-state index in [4.69, 9.17) is 10.2 Å². The second-order valence-electron chi connectivity index (χ2n) is 1.69. The molecule has 0 aromatic carbocycles. The number of hydrogen-bond donors (Lipinski definition) is 2. The molecule has 74 valence electrons. The van der Waals surface area contributed by atoms with E-state index in [1.54, 1.807) is 0 Å². The first-order chi connectivity index (χ1) is 5.31. The van der Waals surface area contributed by atoms with Gasteiger partial charge in [-0.3, -0.25) is 0 Å². The Balaban J connectivity index is 3.88. The summed E-state index contributed by atoms with van der Waals surface area (Å²) in [5.41, 5.74) is 0. The van der Waals surface area contributed by atoms with Crippen molar-refractivity contribution in [2.75, 3.05) is 13.2 Å². The van der Waals surface area contributed by atoms with Crippen LogP contribution < -0.4 is 0 Å². The van der Waals surface area contributed by atoms with E-state index >= 15 is 0 Å². The number of aliphatic hydroxyl groups is 2. The number of halogens is 4. The Hall–Kier alpha value is -0.440. The molecular formula is C4H6F4O4. The zero-order valence-corrected chi connectivity index (χ0v) is 5.64. The Morgan fingerprint density at radius 1 is 1.17 bits per heavy atom. The van der Waals surface area contributed by atoms with Crippen LogP contribution in [-0.4, -0.2) is 35.6 Å². The quantitative estimate of drug-likeness (QED) is 0.282. The van der Waals surface area contributed by atoms with E-state index in [0.29, 0.717) is 0 Å².